The predicted octanol–water partition coefficient (Wildman–Crippen LogP) is 2.17. The molecule has 0 unspecified atom stereocenters. The largest absolute Gasteiger partial charge is 0.482 e. The fourth-order valence-electron chi connectivity index (χ4n) is 1.91. The van der Waals surface area contributed by atoms with Crippen molar-refractivity contribution in [3.63, 3.8) is 0 Å². The normalized spacial score (nSPS) is 10.3. The maximum absolute atomic E-state index is 12.3. The molecule has 0 bridgehead atoms. The van der Waals surface area contributed by atoms with Crippen molar-refractivity contribution in [3.8, 4) is 5.75 Å². The number of anilines is 1. The van der Waals surface area contributed by atoms with Crippen molar-refractivity contribution in [2.24, 2.45) is 0 Å². The fourth-order valence-corrected chi connectivity index (χ4v) is 1.91. The monoisotopic (exact) mass is 319 g/mol. The second kappa shape index (κ2) is 7.46. The van der Waals surface area contributed by atoms with E-state index in [1.165, 1.54) is 4.90 Å². The van der Waals surface area contributed by atoms with Crippen LogP contribution in [0, 0.1) is 0 Å². The second-order valence-electron chi connectivity index (χ2n) is 4.74. The minimum Gasteiger partial charge on any atom is -0.482 e. The number of hydrogen-bond acceptors (Lipinski definition) is 5. The lowest BCUT2D eigenvalue weighted by Crippen LogP contribution is -2.25. The van der Waals surface area contributed by atoms with Crippen molar-refractivity contribution in [2.75, 3.05) is 25.7 Å². The van der Waals surface area contributed by atoms with E-state index in [1.807, 2.05) is 0 Å². The SMILES string of the molecule is COCc1ccc(C(=O)N(C)c2ccc(OCC(=O)O)cc2)o1. The lowest BCUT2D eigenvalue weighted by Gasteiger charge is -2.16. The molecule has 1 N–H and O–H groups in total. The van der Waals surface area contributed by atoms with E-state index in [-0.39, 0.29) is 11.7 Å². The molecule has 0 aliphatic carbocycles. The molecule has 2 aromatic rings. The number of nitrogens with zero attached hydrogens (tertiary/aromatic N) is 1. The first-order valence-corrected chi connectivity index (χ1v) is 6.81. The van der Waals surface area contributed by atoms with Crippen LogP contribution in [0.1, 0.15) is 16.3 Å². The summed E-state index contributed by atoms with van der Waals surface area (Å²) in [6.45, 7) is -0.116. The Bertz CT molecular complexity index is 676. The van der Waals surface area contributed by atoms with Crippen LogP contribution < -0.4 is 9.64 Å². The molecule has 0 aliphatic heterocycles. The van der Waals surface area contributed by atoms with E-state index in [9.17, 15) is 9.59 Å². The van der Waals surface area contributed by atoms with E-state index in [2.05, 4.69) is 0 Å². The number of carbonyl (C=O) groups excluding carboxylic acids is 1. The summed E-state index contributed by atoms with van der Waals surface area (Å²) in [6, 6.07) is 9.80. The molecule has 122 valence electrons. The van der Waals surface area contributed by atoms with Crippen LogP contribution in [0.15, 0.2) is 40.8 Å². The Morgan fingerprint density at radius 3 is 2.48 bits per heavy atom. The Labute approximate surface area is 133 Å². The van der Waals surface area contributed by atoms with E-state index < -0.39 is 12.6 Å². The summed E-state index contributed by atoms with van der Waals surface area (Å²) in [5.41, 5.74) is 0.627. The van der Waals surface area contributed by atoms with Crippen LogP contribution >= 0.6 is 0 Å². The molecule has 7 heteroatoms. The Morgan fingerprint density at radius 2 is 1.87 bits per heavy atom. The number of amides is 1. The zero-order valence-corrected chi connectivity index (χ0v) is 12.8. The highest BCUT2D eigenvalue weighted by Crippen LogP contribution is 2.21. The summed E-state index contributed by atoms with van der Waals surface area (Å²) in [5, 5.41) is 8.56. The average Bonchev–Trinajstić information content (AvgIpc) is 3.01. The Kier molecular flexibility index (Phi) is 5.37. The summed E-state index contributed by atoms with van der Waals surface area (Å²) < 4.78 is 15.4. The minimum absolute atomic E-state index is 0.214. The molecule has 0 aliphatic rings. The summed E-state index contributed by atoms with van der Waals surface area (Å²) in [4.78, 5) is 24.2. The van der Waals surface area contributed by atoms with Gasteiger partial charge in [0, 0.05) is 19.8 Å². The zero-order valence-electron chi connectivity index (χ0n) is 12.8. The summed E-state index contributed by atoms with van der Waals surface area (Å²) in [7, 11) is 3.16. The van der Waals surface area contributed by atoms with E-state index in [0.717, 1.165) is 0 Å². The van der Waals surface area contributed by atoms with Crippen LogP contribution in [-0.4, -0.2) is 37.7 Å². The van der Waals surface area contributed by atoms with Gasteiger partial charge in [-0.15, -0.1) is 0 Å². The number of carbonyl (C=O) groups is 2. The van der Waals surface area contributed by atoms with Crippen LogP contribution in [0.4, 0.5) is 5.69 Å². The van der Waals surface area contributed by atoms with Crippen molar-refractivity contribution >= 4 is 17.6 Å². The number of benzene rings is 1. The summed E-state index contributed by atoms with van der Waals surface area (Å²) in [6.07, 6.45) is 0. The Morgan fingerprint density at radius 1 is 1.17 bits per heavy atom. The molecule has 2 rings (SSSR count). The number of carboxylic acid groups (broad SMARTS) is 1. The molecule has 1 aromatic carbocycles. The fraction of sp³-hybridized carbons (Fsp3) is 0.250. The summed E-state index contributed by atoms with van der Waals surface area (Å²) >= 11 is 0. The van der Waals surface area contributed by atoms with Gasteiger partial charge in [0.05, 0.1) is 0 Å². The summed E-state index contributed by atoms with van der Waals surface area (Å²) in [5.74, 6) is -0.151. The van der Waals surface area contributed by atoms with Crippen LogP contribution in [0.5, 0.6) is 5.75 Å². The highest BCUT2D eigenvalue weighted by Gasteiger charge is 2.17. The van der Waals surface area contributed by atoms with Crippen molar-refractivity contribution < 1.29 is 28.6 Å². The molecule has 0 atom stereocenters. The molecule has 7 nitrogen and oxygen atoms in total. The highest BCUT2D eigenvalue weighted by atomic mass is 16.5. The first-order chi connectivity index (χ1) is 11.0. The van der Waals surface area contributed by atoms with E-state index in [4.69, 9.17) is 19.0 Å². The van der Waals surface area contributed by atoms with Gasteiger partial charge in [-0.2, -0.15) is 0 Å². The molecule has 0 saturated carbocycles. The molecule has 23 heavy (non-hydrogen) atoms. The first kappa shape index (κ1) is 16.6. The number of furan rings is 1. The van der Waals surface area contributed by atoms with Crippen LogP contribution in [0.25, 0.3) is 0 Å². The third kappa shape index (κ3) is 4.33. The van der Waals surface area contributed by atoms with Gasteiger partial charge in [0.25, 0.3) is 5.91 Å². The predicted molar refractivity (Wildman–Crippen MR) is 81.7 cm³/mol. The van der Waals surface area contributed by atoms with E-state index in [1.54, 1.807) is 50.6 Å². The van der Waals surface area contributed by atoms with Gasteiger partial charge in [-0.1, -0.05) is 0 Å². The number of carboxylic acids is 1. The molecular weight excluding hydrogens is 302 g/mol. The molecule has 1 aromatic heterocycles. The lowest BCUT2D eigenvalue weighted by atomic mass is 10.2. The minimum atomic E-state index is -1.05. The molecule has 0 fully saturated rings. The number of rotatable bonds is 7. The Hall–Kier alpha value is -2.80. The van der Waals surface area contributed by atoms with Gasteiger partial charge < -0.3 is 23.9 Å². The zero-order chi connectivity index (χ0) is 16.8. The van der Waals surface area contributed by atoms with Gasteiger partial charge >= 0.3 is 5.97 Å². The highest BCUT2D eigenvalue weighted by molar-refractivity contribution is 6.03. The van der Waals surface area contributed by atoms with Crippen LogP contribution in [0.3, 0.4) is 0 Å². The molecule has 1 amide bonds. The number of methoxy groups -OCH3 is 1. The third-order valence-electron chi connectivity index (χ3n) is 3.05. The lowest BCUT2D eigenvalue weighted by molar-refractivity contribution is -0.139. The van der Waals surface area contributed by atoms with Crippen LogP contribution in [-0.2, 0) is 16.1 Å². The number of aliphatic carboxylic acids is 1. The van der Waals surface area contributed by atoms with Gasteiger partial charge in [0.2, 0.25) is 0 Å². The third-order valence-corrected chi connectivity index (χ3v) is 3.05. The standard InChI is InChI=1S/C16H17NO6/c1-17(16(20)14-8-7-13(23-14)9-21-2)11-3-5-12(6-4-11)22-10-15(18)19/h3-8H,9-10H2,1-2H3,(H,18,19). The first-order valence-electron chi connectivity index (χ1n) is 6.81. The number of hydrogen-bond donors (Lipinski definition) is 1. The average molecular weight is 319 g/mol. The smallest absolute Gasteiger partial charge is 0.341 e. The quantitative estimate of drug-likeness (QED) is 0.841. The van der Waals surface area contributed by atoms with Gasteiger partial charge in [-0.05, 0) is 36.4 Å². The topological polar surface area (TPSA) is 89.2 Å². The maximum atomic E-state index is 12.3. The van der Waals surface area contributed by atoms with Crippen molar-refractivity contribution in [2.45, 2.75) is 6.61 Å². The molecule has 1 heterocycles. The number of ether oxygens (including phenoxy) is 2. The molecule has 0 spiro atoms. The maximum Gasteiger partial charge on any atom is 0.341 e. The van der Waals surface area contributed by atoms with Crippen LogP contribution in [0.2, 0.25) is 0 Å². The van der Waals surface area contributed by atoms with Gasteiger partial charge in [-0.3, -0.25) is 4.79 Å². The van der Waals surface area contributed by atoms with E-state index in [0.29, 0.717) is 23.8 Å². The molecule has 0 saturated heterocycles. The molecular formula is C16H17NO6. The van der Waals surface area contributed by atoms with Crippen molar-refractivity contribution in [3.05, 3.63) is 47.9 Å². The second-order valence-corrected chi connectivity index (χ2v) is 4.74. The van der Waals surface area contributed by atoms with Gasteiger partial charge in [0.15, 0.2) is 12.4 Å². The van der Waals surface area contributed by atoms with Gasteiger partial charge in [0.1, 0.15) is 18.1 Å². The molecule has 0 radical (unpaired) electrons. The van der Waals surface area contributed by atoms with E-state index >= 15 is 0 Å². The van der Waals surface area contributed by atoms with Crippen molar-refractivity contribution in [1.29, 1.82) is 0 Å². The Balaban J connectivity index is 2.04. The van der Waals surface area contributed by atoms with Gasteiger partial charge in [-0.25, -0.2) is 4.79 Å². The van der Waals surface area contributed by atoms with Crippen molar-refractivity contribution in [1.82, 2.24) is 0 Å².